The zero-order valence-electron chi connectivity index (χ0n) is 20.2. The Labute approximate surface area is 209 Å². The van der Waals surface area contributed by atoms with Crippen molar-refractivity contribution in [2.45, 2.75) is 51.0 Å². The number of hydrogen-bond donors (Lipinski definition) is 2. The lowest BCUT2D eigenvalue weighted by Crippen LogP contribution is -2.51. The van der Waals surface area contributed by atoms with E-state index in [0.29, 0.717) is 37.3 Å². The third-order valence-electron chi connectivity index (χ3n) is 6.22. The minimum atomic E-state index is -4.72. The number of Topliss-reactive ketones (excluding diaryl/α,β-unsaturated/α-hetero) is 1. The van der Waals surface area contributed by atoms with E-state index < -0.39 is 30.1 Å². The van der Waals surface area contributed by atoms with Gasteiger partial charge in [-0.3, -0.25) is 4.79 Å². The van der Waals surface area contributed by atoms with Crippen molar-refractivity contribution in [3.63, 3.8) is 0 Å². The summed E-state index contributed by atoms with van der Waals surface area (Å²) in [5, 5.41) is 2.38. The van der Waals surface area contributed by atoms with Gasteiger partial charge in [0.15, 0.2) is 16.5 Å². The quantitative estimate of drug-likeness (QED) is 0.405. The van der Waals surface area contributed by atoms with E-state index in [4.69, 9.17) is 22.7 Å². The summed E-state index contributed by atoms with van der Waals surface area (Å²) in [6.45, 7) is 6.46. The second-order valence-electron chi connectivity index (χ2n) is 8.99. The summed E-state index contributed by atoms with van der Waals surface area (Å²) in [6, 6.07) is 3.27. The predicted octanol–water partition coefficient (Wildman–Crippen LogP) is 3.57. The third kappa shape index (κ3) is 6.20. The van der Waals surface area contributed by atoms with Crippen molar-refractivity contribution in [1.29, 1.82) is 0 Å². The van der Waals surface area contributed by atoms with E-state index in [1.165, 1.54) is 6.08 Å². The molecular weight excluding hydrogens is 479 g/mol. The zero-order valence-corrected chi connectivity index (χ0v) is 21.0. The molecule has 1 fully saturated rings. The van der Waals surface area contributed by atoms with Crippen LogP contribution in [-0.2, 0) is 4.74 Å². The first-order valence-corrected chi connectivity index (χ1v) is 12.0. The van der Waals surface area contributed by atoms with E-state index in [1.807, 2.05) is 18.9 Å². The minimum absolute atomic E-state index is 0.0285. The van der Waals surface area contributed by atoms with Gasteiger partial charge in [-0.25, -0.2) is 4.98 Å². The van der Waals surface area contributed by atoms with Crippen molar-refractivity contribution >= 4 is 28.9 Å². The molecule has 0 aromatic carbocycles. The van der Waals surface area contributed by atoms with Crippen LogP contribution in [0.2, 0.25) is 0 Å². The number of carbonyl (C=O) groups excluding carboxylic acids is 1. The fraction of sp³-hybridized carbons (Fsp3) is 0.542. The maximum Gasteiger partial charge on any atom is 0.421 e. The van der Waals surface area contributed by atoms with Crippen molar-refractivity contribution < 1.29 is 22.7 Å². The second-order valence-corrected chi connectivity index (χ2v) is 9.43. The van der Waals surface area contributed by atoms with Gasteiger partial charge >= 0.3 is 6.18 Å². The zero-order chi connectivity index (χ0) is 25.8. The number of anilines is 1. The number of ketones is 1. The van der Waals surface area contributed by atoms with Gasteiger partial charge in [-0.1, -0.05) is 19.4 Å². The first-order valence-electron chi connectivity index (χ1n) is 11.6. The summed E-state index contributed by atoms with van der Waals surface area (Å²) in [6.07, 6.45) is -1.18. The average molecular weight is 512 g/mol. The summed E-state index contributed by atoms with van der Waals surface area (Å²) in [7, 11) is 2.02. The average Bonchev–Trinajstić information content (AvgIpc) is 2.78. The van der Waals surface area contributed by atoms with Gasteiger partial charge in [0.2, 0.25) is 0 Å². The lowest BCUT2D eigenvalue weighted by molar-refractivity contribution is -0.269. The van der Waals surface area contributed by atoms with Gasteiger partial charge in [-0.15, -0.1) is 0 Å². The Morgan fingerprint density at radius 3 is 2.63 bits per heavy atom. The van der Waals surface area contributed by atoms with Crippen LogP contribution in [0.4, 0.5) is 19.0 Å². The number of nitrogens with one attached hydrogen (secondary N) is 1. The topological polar surface area (TPSA) is 83.7 Å². The molecule has 2 atom stereocenters. The summed E-state index contributed by atoms with van der Waals surface area (Å²) < 4.78 is 48.5. The first-order chi connectivity index (χ1) is 16.5. The van der Waals surface area contributed by atoms with Gasteiger partial charge in [-0.05, 0) is 50.8 Å². The van der Waals surface area contributed by atoms with E-state index in [9.17, 15) is 18.0 Å². The standard InChI is InChI=1S/C24H32F3N5O2S/c1-4-6-16(2)34-23(24(25,26)27)9-8-17(19(15-23)30-22(28)35)20(33)18-7-5-10-29-21(18)32-13-11-31(3)12-14-32/h5,7-10,16H,4,6,11-15H2,1-3H3,(H3,28,30,35). The van der Waals surface area contributed by atoms with Gasteiger partial charge in [0.25, 0.3) is 0 Å². The molecule has 1 aromatic rings. The lowest BCUT2D eigenvalue weighted by atomic mass is 9.85. The van der Waals surface area contributed by atoms with Gasteiger partial charge in [0.05, 0.1) is 11.7 Å². The molecule has 2 unspecified atom stereocenters. The number of rotatable bonds is 8. The highest BCUT2D eigenvalue weighted by atomic mass is 32.1. The number of halogens is 3. The highest BCUT2D eigenvalue weighted by molar-refractivity contribution is 7.80. The number of pyridine rings is 1. The van der Waals surface area contributed by atoms with Crippen LogP contribution >= 0.6 is 12.2 Å². The molecule has 2 aliphatic rings. The minimum Gasteiger partial charge on any atom is -0.376 e. The molecule has 0 radical (unpaired) electrons. The molecule has 192 valence electrons. The highest BCUT2D eigenvalue weighted by Crippen LogP contribution is 2.44. The number of allylic oxidation sites excluding steroid dienone is 2. The van der Waals surface area contributed by atoms with Gasteiger partial charge in [0, 0.05) is 50.1 Å². The fourth-order valence-corrected chi connectivity index (χ4v) is 4.49. The van der Waals surface area contributed by atoms with E-state index in [1.54, 1.807) is 25.3 Å². The van der Waals surface area contributed by atoms with Crippen LogP contribution in [-0.4, -0.2) is 71.9 Å². The summed E-state index contributed by atoms with van der Waals surface area (Å²) >= 11 is 4.92. The summed E-state index contributed by atoms with van der Waals surface area (Å²) in [5.41, 5.74) is 3.36. The molecule has 1 saturated heterocycles. The largest absolute Gasteiger partial charge is 0.421 e. The Kier molecular flexibility index (Phi) is 8.55. The maximum atomic E-state index is 14.3. The van der Waals surface area contributed by atoms with Crippen molar-refractivity contribution in [2.75, 3.05) is 38.1 Å². The molecule has 11 heteroatoms. The lowest BCUT2D eigenvalue weighted by Gasteiger charge is -2.39. The number of ether oxygens (including phenoxy) is 1. The Bertz CT molecular complexity index is 1010. The smallest absolute Gasteiger partial charge is 0.376 e. The van der Waals surface area contributed by atoms with E-state index in [0.717, 1.165) is 19.2 Å². The number of nitrogens with two attached hydrogens (primary N) is 1. The van der Waals surface area contributed by atoms with Crippen molar-refractivity contribution in [1.82, 2.24) is 15.2 Å². The normalized spacial score (nSPS) is 22.3. The van der Waals surface area contributed by atoms with Crippen molar-refractivity contribution in [3.8, 4) is 0 Å². The number of piperazine rings is 1. The molecule has 0 saturated carbocycles. The summed E-state index contributed by atoms with van der Waals surface area (Å²) in [4.78, 5) is 22.3. The molecule has 7 nitrogen and oxygen atoms in total. The summed E-state index contributed by atoms with van der Waals surface area (Å²) in [5.74, 6) is 0.0426. The molecule has 0 bridgehead atoms. The highest BCUT2D eigenvalue weighted by Gasteiger charge is 2.57. The Morgan fingerprint density at radius 1 is 1.34 bits per heavy atom. The first kappa shape index (κ1) is 27.1. The molecule has 0 amide bonds. The SMILES string of the molecule is CCCC(C)OC1(C(F)(F)F)C=CC(C(=O)c2cccnc2N2CCN(C)CC2)=C(NC(N)=S)C1. The van der Waals surface area contributed by atoms with E-state index in [-0.39, 0.29) is 16.4 Å². The number of alkyl halides is 3. The van der Waals surface area contributed by atoms with Crippen LogP contribution in [0.15, 0.2) is 41.8 Å². The molecule has 2 heterocycles. The molecule has 0 spiro atoms. The molecule has 1 aliphatic heterocycles. The van der Waals surface area contributed by atoms with Gasteiger partial charge in [0.1, 0.15) is 5.82 Å². The molecule has 3 rings (SSSR count). The number of hydrogen-bond acceptors (Lipinski definition) is 6. The number of aromatic nitrogens is 1. The van der Waals surface area contributed by atoms with Crippen LogP contribution in [0.1, 0.15) is 43.5 Å². The van der Waals surface area contributed by atoms with Crippen molar-refractivity contribution in [2.24, 2.45) is 5.73 Å². The molecular formula is C24H32F3N5O2S. The second kappa shape index (κ2) is 11.0. The van der Waals surface area contributed by atoms with E-state index in [2.05, 4.69) is 15.2 Å². The van der Waals surface area contributed by atoms with E-state index >= 15 is 0 Å². The molecule has 3 N–H and O–H groups in total. The van der Waals surface area contributed by atoms with Crippen LogP contribution in [0.25, 0.3) is 0 Å². The fourth-order valence-electron chi connectivity index (χ4n) is 4.36. The Balaban J connectivity index is 2.01. The van der Waals surface area contributed by atoms with Gasteiger partial charge < -0.3 is 25.6 Å². The molecule has 1 aliphatic carbocycles. The van der Waals surface area contributed by atoms with Crippen LogP contribution in [0.5, 0.6) is 0 Å². The predicted molar refractivity (Wildman–Crippen MR) is 133 cm³/mol. The number of nitrogens with zero attached hydrogens (tertiary/aromatic N) is 3. The monoisotopic (exact) mass is 511 g/mol. The molecule has 1 aromatic heterocycles. The Hall–Kier alpha value is -2.50. The van der Waals surface area contributed by atoms with Crippen LogP contribution < -0.4 is 16.0 Å². The van der Waals surface area contributed by atoms with Crippen LogP contribution in [0.3, 0.4) is 0 Å². The molecule has 35 heavy (non-hydrogen) atoms. The number of carbonyl (C=O) groups is 1. The Morgan fingerprint density at radius 2 is 2.03 bits per heavy atom. The third-order valence-corrected chi connectivity index (χ3v) is 6.33. The maximum absolute atomic E-state index is 14.3. The van der Waals surface area contributed by atoms with Crippen molar-refractivity contribution in [3.05, 3.63) is 47.3 Å². The number of thiocarbonyl (C=S) groups is 1. The van der Waals surface area contributed by atoms with Crippen LogP contribution in [0, 0.1) is 0 Å². The van der Waals surface area contributed by atoms with Gasteiger partial charge in [-0.2, -0.15) is 13.2 Å². The number of likely N-dealkylation sites (N-methyl/N-ethyl adjacent to an activating group) is 1.